The highest BCUT2D eigenvalue weighted by molar-refractivity contribution is 7.90. The monoisotopic (exact) mass is 473 g/mol. The van der Waals surface area contributed by atoms with E-state index in [1.165, 1.54) is 6.07 Å². The molecule has 32 heavy (non-hydrogen) atoms. The molecule has 4 N–H and O–H groups in total. The fourth-order valence-electron chi connectivity index (χ4n) is 3.89. The number of para-hydroxylation sites is 1. The Bertz CT molecular complexity index is 1410. The number of fused-ring (bicyclic) bond motifs is 1. The van der Waals surface area contributed by atoms with Crippen LogP contribution in [0.1, 0.15) is 6.42 Å². The van der Waals surface area contributed by atoms with E-state index in [4.69, 9.17) is 0 Å². The fraction of sp³-hybridized carbons (Fsp3) is 0.222. The van der Waals surface area contributed by atoms with E-state index in [9.17, 15) is 17.2 Å². The number of aromatic nitrogens is 6. The maximum atomic E-state index is 13.2. The van der Waals surface area contributed by atoms with Gasteiger partial charge in [0, 0.05) is 29.1 Å². The lowest BCUT2D eigenvalue weighted by Gasteiger charge is -2.20. The number of nitrogens with zero attached hydrogens (tertiary/aromatic N) is 4. The fourth-order valence-corrected chi connectivity index (χ4v) is 6.38. The van der Waals surface area contributed by atoms with E-state index in [0.29, 0.717) is 36.2 Å². The molecule has 0 aliphatic carbocycles. The number of aromatic amines is 2. The molecule has 0 spiro atoms. The lowest BCUT2D eigenvalue weighted by atomic mass is 9.97. The lowest BCUT2D eigenvalue weighted by Crippen LogP contribution is -2.36. The number of H-pyrrole nitrogens is 2. The molecule has 2 aromatic heterocycles. The van der Waals surface area contributed by atoms with Gasteiger partial charge >= 0.3 is 0 Å². The van der Waals surface area contributed by atoms with E-state index in [2.05, 4.69) is 40.9 Å². The van der Waals surface area contributed by atoms with Crippen LogP contribution in [-0.2, 0) is 21.1 Å². The van der Waals surface area contributed by atoms with E-state index in [1.807, 2.05) is 6.07 Å². The van der Waals surface area contributed by atoms with Crippen LogP contribution in [0.3, 0.4) is 0 Å². The summed E-state index contributed by atoms with van der Waals surface area (Å²) in [4.78, 5) is -0.808. The molecule has 2 atom stereocenters. The van der Waals surface area contributed by atoms with Gasteiger partial charge in [0.05, 0.1) is 21.5 Å². The Morgan fingerprint density at radius 2 is 2.06 bits per heavy atom. The zero-order valence-electron chi connectivity index (χ0n) is 16.4. The summed E-state index contributed by atoms with van der Waals surface area (Å²) in [6.07, 6.45) is 2.24. The van der Waals surface area contributed by atoms with Crippen LogP contribution in [0.5, 0.6) is 0 Å². The van der Waals surface area contributed by atoms with Gasteiger partial charge in [-0.1, -0.05) is 24.3 Å². The SMILES string of the molecule is O=S([O-])c1c(S(=O)(=O)N[C@@H]2CCNC2)ccc(-c2cccc3cn[nH]c23)c1-c1nn[nH]n1. The smallest absolute Gasteiger partial charge is 0.242 e. The summed E-state index contributed by atoms with van der Waals surface area (Å²) in [5.74, 6) is -0.0460. The van der Waals surface area contributed by atoms with Crippen molar-refractivity contribution in [2.45, 2.75) is 22.3 Å². The first-order valence-electron chi connectivity index (χ1n) is 9.61. The molecule has 0 radical (unpaired) electrons. The van der Waals surface area contributed by atoms with Crippen LogP contribution >= 0.6 is 0 Å². The normalized spacial score (nSPS) is 17.7. The van der Waals surface area contributed by atoms with Crippen LogP contribution in [0.15, 0.2) is 46.3 Å². The molecule has 3 heterocycles. The van der Waals surface area contributed by atoms with Gasteiger partial charge < -0.3 is 9.87 Å². The minimum Gasteiger partial charge on any atom is -0.768 e. The molecule has 2 aromatic carbocycles. The lowest BCUT2D eigenvalue weighted by molar-refractivity contribution is 0.530. The molecule has 12 nitrogen and oxygen atoms in total. The molecular formula is C18H17N8O4S2-. The molecule has 1 unspecified atom stereocenters. The van der Waals surface area contributed by atoms with Crippen LogP contribution in [0, 0.1) is 0 Å². The van der Waals surface area contributed by atoms with E-state index in [1.54, 1.807) is 24.4 Å². The van der Waals surface area contributed by atoms with Crippen molar-refractivity contribution >= 4 is 32.0 Å². The van der Waals surface area contributed by atoms with Gasteiger partial charge in [-0.15, -0.1) is 10.2 Å². The van der Waals surface area contributed by atoms with Gasteiger partial charge in [0.1, 0.15) is 0 Å². The minimum absolute atomic E-state index is 0.0293. The zero-order valence-corrected chi connectivity index (χ0v) is 18.0. The highest BCUT2D eigenvalue weighted by atomic mass is 32.2. The van der Waals surface area contributed by atoms with Gasteiger partial charge in [0.25, 0.3) is 0 Å². The maximum Gasteiger partial charge on any atom is 0.242 e. The van der Waals surface area contributed by atoms with Crippen LogP contribution < -0.4 is 10.0 Å². The van der Waals surface area contributed by atoms with Crippen molar-refractivity contribution < 1.29 is 17.2 Å². The molecule has 1 aliphatic rings. The van der Waals surface area contributed by atoms with Gasteiger partial charge in [-0.25, -0.2) is 13.1 Å². The first kappa shape index (κ1) is 20.8. The summed E-state index contributed by atoms with van der Waals surface area (Å²) < 4.78 is 53.7. The number of benzene rings is 2. The highest BCUT2D eigenvalue weighted by Gasteiger charge is 2.30. The number of hydrogen-bond donors (Lipinski definition) is 4. The molecule has 1 saturated heterocycles. The van der Waals surface area contributed by atoms with Crippen molar-refractivity contribution in [1.82, 2.24) is 40.9 Å². The Kier molecular flexibility index (Phi) is 5.30. The van der Waals surface area contributed by atoms with Crippen LogP contribution in [0.4, 0.5) is 0 Å². The molecule has 1 aliphatic heterocycles. The van der Waals surface area contributed by atoms with Gasteiger partial charge in [-0.2, -0.15) is 10.3 Å². The van der Waals surface area contributed by atoms with Gasteiger partial charge in [-0.05, 0) is 40.9 Å². The average Bonchev–Trinajstić information content (AvgIpc) is 3.54. The summed E-state index contributed by atoms with van der Waals surface area (Å²) in [5.41, 5.74) is 1.72. The number of rotatable bonds is 6. The first-order valence-corrected chi connectivity index (χ1v) is 12.2. The van der Waals surface area contributed by atoms with E-state index >= 15 is 0 Å². The van der Waals surface area contributed by atoms with Gasteiger partial charge in [0.15, 0.2) is 0 Å². The van der Waals surface area contributed by atoms with Crippen molar-refractivity contribution in [2.24, 2.45) is 0 Å². The second-order valence-corrected chi connectivity index (χ2v) is 9.80. The predicted octanol–water partition coefficient (Wildman–Crippen LogP) is 0.288. The predicted molar refractivity (Wildman–Crippen MR) is 113 cm³/mol. The topological polar surface area (TPSA) is 181 Å². The number of hydrogen-bond acceptors (Lipinski definition) is 9. The molecule has 14 heteroatoms. The molecule has 0 saturated carbocycles. The van der Waals surface area contributed by atoms with Crippen LogP contribution in [0.2, 0.25) is 0 Å². The average molecular weight is 474 g/mol. The Morgan fingerprint density at radius 1 is 1.19 bits per heavy atom. The molecule has 5 rings (SSSR count). The van der Waals surface area contributed by atoms with Gasteiger partial charge in [-0.3, -0.25) is 9.31 Å². The summed E-state index contributed by atoms with van der Waals surface area (Å²) in [5, 5.41) is 24.5. The second kappa shape index (κ2) is 8.14. The summed E-state index contributed by atoms with van der Waals surface area (Å²) in [6, 6.07) is 7.90. The third kappa shape index (κ3) is 3.61. The standard InChI is InChI=1S/C18H18N8O4S2/c27-31(28)17-14(32(29,30)24-11-6-7-19-9-11)5-4-12(15(17)18-22-25-26-23-18)13-3-1-2-10-8-20-21-16(10)13/h1-5,8,11,19,24H,6-7,9H2,(H,20,21)(H,27,28)(H,22,23,25,26)/p-1/t11-/m1/s1. The minimum atomic E-state index is -4.15. The number of tetrazole rings is 1. The van der Waals surface area contributed by atoms with E-state index in [-0.39, 0.29) is 22.3 Å². The van der Waals surface area contributed by atoms with Crippen molar-refractivity contribution in [3.63, 3.8) is 0 Å². The Balaban J connectivity index is 1.78. The third-order valence-electron chi connectivity index (χ3n) is 5.30. The van der Waals surface area contributed by atoms with Gasteiger partial charge in [0.2, 0.25) is 15.8 Å². The van der Waals surface area contributed by atoms with E-state index in [0.717, 1.165) is 5.39 Å². The first-order chi connectivity index (χ1) is 15.5. The molecule has 0 amide bonds. The van der Waals surface area contributed by atoms with Crippen molar-refractivity contribution in [1.29, 1.82) is 0 Å². The quantitative estimate of drug-likeness (QED) is 0.286. The summed E-state index contributed by atoms with van der Waals surface area (Å²) in [6.45, 7) is 1.14. The van der Waals surface area contributed by atoms with E-state index < -0.39 is 26.0 Å². The van der Waals surface area contributed by atoms with Crippen molar-refractivity contribution in [2.75, 3.05) is 13.1 Å². The Morgan fingerprint density at radius 3 is 2.78 bits per heavy atom. The zero-order chi connectivity index (χ0) is 22.3. The van der Waals surface area contributed by atoms with Crippen molar-refractivity contribution in [3.05, 3.63) is 36.5 Å². The number of nitrogens with one attached hydrogen (secondary N) is 4. The van der Waals surface area contributed by atoms with Crippen LogP contribution in [0.25, 0.3) is 33.4 Å². The Labute approximate surface area is 184 Å². The Hall–Kier alpha value is -3.04. The third-order valence-corrected chi connectivity index (χ3v) is 7.75. The molecule has 0 bridgehead atoms. The number of sulfonamides is 1. The van der Waals surface area contributed by atoms with Crippen LogP contribution in [-0.4, -0.2) is 67.1 Å². The largest absolute Gasteiger partial charge is 0.768 e. The molecule has 4 aromatic rings. The van der Waals surface area contributed by atoms with Crippen molar-refractivity contribution in [3.8, 4) is 22.5 Å². The summed E-state index contributed by atoms with van der Waals surface area (Å²) >= 11 is -2.93. The molecule has 166 valence electrons. The molecule has 1 fully saturated rings. The highest BCUT2D eigenvalue weighted by Crippen LogP contribution is 2.40. The molecular weight excluding hydrogens is 456 g/mol. The second-order valence-electron chi connectivity index (χ2n) is 7.24. The maximum absolute atomic E-state index is 13.2. The summed E-state index contributed by atoms with van der Waals surface area (Å²) in [7, 11) is -4.15.